The van der Waals surface area contributed by atoms with Gasteiger partial charge in [0.15, 0.2) is 0 Å². The lowest BCUT2D eigenvalue weighted by Gasteiger charge is -2.35. The molecule has 2 aliphatic rings. The minimum Gasteiger partial charge on any atom is -0.369 e. The third-order valence-electron chi connectivity index (χ3n) is 4.16. The molecule has 0 aromatic heterocycles. The summed E-state index contributed by atoms with van der Waals surface area (Å²) in [5.41, 5.74) is 5.28. The zero-order valence-corrected chi connectivity index (χ0v) is 11.7. The number of amides is 3. The molecular weight excluding hydrogens is 260 g/mol. The SMILES string of the molecule is NC(=O)C1CCN(C(=O)CN2CCN(C=O)CC2)CC1. The molecule has 2 heterocycles. The second-order valence-electron chi connectivity index (χ2n) is 5.47. The van der Waals surface area contributed by atoms with E-state index in [0.717, 1.165) is 19.5 Å². The van der Waals surface area contributed by atoms with Gasteiger partial charge in [0.2, 0.25) is 18.2 Å². The molecule has 7 nitrogen and oxygen atoms in total. The summed E-state index contributed by atoms with van der Waals surface area (Å²) < 4.78 is 0. The summed E-state index contributed by atoms with van der Waals surface area (Å²) in [6, 6.07) is 0. The molecule has 2 fully saturated rings. The minimum atomic E-state index is -0.262. The van der Waals surface area contributed by atoms with Crippen molar-refractivity contribution in [3.8, 4) is 0 Å². The van der Waals surface area contributed by atoms with Crippen LogP contribution in [-0.2, 0) is 14.4 Å². The minimum absolute atomic E-state index is 0.0878. The molecule has 2 aliphatic heterocycles. The molecule has 112 valence electrons. The monoisotopic (exact) mass is 282 g/mol. The van der Waals surface area contributed by atoms with Gasteiger partial charge in [-0.3, -0.25) is 19.3 Å². The fourth-order valence-corrected chi connectivity index (χ4v) is 2.73. The van der Waals surface area contributed by atoms with Gasteiger partial charge in [0.05, 0.1) is 6.54 Å². The highest BCUT2D eigenvalue weighted by Crippen LogP contribution is 2.17. The maximum absolute atomic E-state index is 12.2. The molecule has 0 bridgehead atoms. The van der Waals surface area contributed by atoms with Crippen LogP contribution in [0.4, 0.5) is 0 Å². The number of nitrogens with zero attached hydrogens (tertiary/aromatic N) is 3. The van der Waals surface area contributed by atoms with Crippen molar-refractivity contribution in [2.45, 2.75) is 12.8 Å². The number of hydrogen-bond donors (Lipinski definition) is 1. The highest BCUT2D eigenvalue weighted by molar-refractivity contribution is 5.80. The van der Waals surface area contributed by atoms with E-state index in [1.54, 1.807) is 4.90 Å². The molecule has 0 atom stereocenters. The fraction of sp³-hybridized carbons (Fsp3) is 0.769. The first-order valence-electron chi connectivity index (χ1n) is 7.09. The van der Waals surface area contributed by atoms with E-state index in [1.165, 1.54) is 0 Å². The molecule has 3 amide bonds. The van der Waals surface area contributed by atoms with Crippen molar-refractivity contribution >= 4 is 18.2 Å². The van der Waals surface area contributed by atoms with E-state index in [0.29, 0.717) is 45.6 Å². The summed E-state index contributed by atoms with van der Waals surface area (Å²) in [5, 5.41) is 0. The summed E-state index contributed by atoms with van der Waals surface area (Å²) in [6.07, 6.45) is 2.19. The Morgan fingerprint density at radius 2 is 1.65 bits per heavy atom. The second kappa shape index (κ2) is 6.69. The Bertz CT molecular complexity index is 372. The maximum Gasteiger partial charge on any atom is 0.236 e. The highest BCUT2D eigenvalue weighted by Gasteiger charge is 2.27. The number of rotatable bonds is 4. The van der Waals surface area contributed by atoms with E-state index in [4.69, 9.17) is 5.73 Å². The topological polar surface area (TPSA) is 86.9 Å². The van der Waals surface area contributed by atoms with E-state index in [1.807, 2.05) is 4.90 Å². The third-order valence-corrected chi connectivity index (χ3v) is 4.16. The normalized spacial score (nSPS) is 21.8. The molecule has 7 heteroatoms. The van der Waals surface area contributed by atoms with Gasteiger partial charge in [-0.2, -0.15) is 0 Å². The molecule has 0 aliphatic carbocycles. The van der Waals surface area contributed by atoms with Crippen molar-refractivity contribution in [3.63, 3.8) is 0 Å². The summed E-state index contributed by atoms with van der Waals surface area (Å²) in [7, 11) is 0. The molecule has 0 saturated carbocycles. The number of likely N-dealkylation sites (tertiary alicyclic amines) is 1. The van der Waals surface area contributed by atoms with Gasteiger partial charge in [-0.05, 0) is 12.8 Å². The molecule has 0 radical (unpaired) electrons. The van der Waals surface area contributed by atoms with E-state index >= 15 is 0 Å². The van der Waals surface area contributed by atoms with Crippen LogP contribution in [0.15, 0.2) is 0 Å². The van der Waals surface area contributed by atoms with Crippen molar-refractivity contribution in [1.82, 2.24) is 14.7 Å². The maximum atomic E-state index is 12.2. The van der Waals surface area contributed by atoms with Crippen molar-refractivity contribution < 1.29 is 14.4 Å². The lowest BCUT2D eigenvalue weighted by atomic mass is 9.96. The van der Waals surface area contributed by atoms with Gasteiger partial charge in [-0.15, -0.1) is 0 Å². The van der Waals surface area contributed by atoms with Crippen LogP contribution in [0, 0.1) is 5.92 Å². The number of nitrogens with two attached hydrogens (primary N) is 1. The van der Waals surface area contributed by atoms with Crippen molar-refractivity contribution in [2.75, 3.05) is 45.8 Å². The van der Waals surface area contributed by atoms with Crippen molar-refractivity contribution in [3.05, 3.63) is 0 Å². The molecule has 0 unspecified atom stereocenters. The summed E-state index contributed by atoms with van der Waals surface area (Å²) in [4.78, 5) is 39.5. The number of carbonyl (C=O) groups is 3. The van der Waals surface area contributed by atoms with Gasteiger partial charge >= 0.3 is 0 Å². The Morgan fingerprint density at radius 1 is 1.05 bits per heavy atom. The quantitative estimate of drug-likeness (QED) is 0.635. The molecule has 0 aromatic rings. The lowest BCUT2D eigenvalue weighted by Crippen LogP contribution is -2.51. The number of piperazine rings is 1. The van der Waals surface area contributed by atoms with Crippen molar-refractivity contribution in [2.24, 2.45) is 11.7 Å². The average Bonchev–Trinajstić information content (AvgIpc) is 2.48. The van der Waals surface area contributed by atoms with Crippen LogP contribution in [0.1, 0.15) is 12.8 Å². The Morgan fingerprint density at radius 3 is 2.15 bits per heavy atom. The summed E-state index contributed by atoms with van der Waals surface area (Å²) >= 11 is 0. The highest BCUT2D eigenvalue weighted by atomic mass is 16.2. The van der Waals surface area contributed by atoms with Crippen LogP contribution < -0.4 is 5.73 Å². The molecule has 0 aromatic carbocycles. The zero-order chi connectivity index (χ0) is 14.5. The van der Waals surface area contributed by atoms with Gasteiger partial charge in [0.25, 0.3) is 0 Å². The number of hydrogen-bond acceptors (Lipinski definition) is 4. The van der Waals surface area contributed by atoms with Gasteiger partial charge in [0.1, 0.15) is 0 Å². The van der Waals surface area contributed by atoms with Crippen LogP contribution in [0.5, 0.6) is 0 Å². The molecule has 2 N–H and O–H groups in total. The van der Waals surface area contributed by atoms with E-state index < -0.39 is 0 Å². The van der Waals surface area contributed by atoms with E-state index in [9.17, 15) is 14.4 Å². The second-order valence-corrected chi connectivity index (χ2v) is 5.47. The largest absolute Gasteiger partial charge is 0.369 e. The van der Waals surface area contributed by atoms with Crippen LogP contribution in [0.2, 0.25) is 0 Å². The lowest BCUT2D eigenvalue weighted by molar-refractivity contribution is -0.136. The molecule has 2 rings (SSSR count). The molecule has 20 heavy (non-hydrogen) atoms. The van der Waals surface area contributed by atoms with Crippen molar-refractivity contribution in [1.29, 1.82) is 0 Å². The van der Waals surface area contributed by atoms with Gasteiger partial charge < -0.3 is 15.5 Å². The van der Waals surface area contributed by atoms with E-state index in [-0.39, 0.29) is 17.7 Å². The van der Waals surface area contributed by atoms with Crippen LogP contribution in [0.3, 0.4) is 0 Å². The average molecular weight is 282 g/mol. The summed E-state index contributed by atoms with van der Waals surface area (Å²) in [6.45, 7) is 4.46. The van der Waals surface area contributed by atoms with Gasteiger partial charge in [0, 0.05) is 45.2 Å². The van der Waals surface area contributed by atoms with Gasteiger partial charge in [-0.25, -0.2) is 0 Å². The third kappa shape index (κ3) is 3.69. The van der Waals surface area contributed by atoms with Crippen LogP contribution in [0.25, 0.3) is 0 Å². The fourth-order valence-electron chi connectivity index (χ4n) is 2.73. The Labute approximate surface area is 118 Å². The van der Waals surface area contributed by atoms with E-state index in [2.05, 4.69) is 4.90 Å². The molecular formula is C13H22N4O3. The predicted octanol–water partition coefficient (Wildman–Crippen LogP) is -1.52. The zero-order valence-electron chi connectivity index (χ0n) is 11.7. The summed E-state index contributed by atoms with van der Waals surface area (Å²) in [5.74, 6) is -0.246. The smallest absolute Gasteiger partial charge is 0.236 e. The first-order valence-corrected chi connectivity index (χ1v) is 7.09. The number of piperidine rings is 1. The van der Waals surface area contributed by atoms with Gasteiger partial charge in [-0.1, -0.05) is 0 Å². The Kier molecular flexibility index (Phi) is 4.94. The molecule has 2 saturated heterocycles. The Hall–Kier alpha value is -1.63. The van der Waals surface area contributed by atoms with Crippen LogP contribution in [-0.4, -0.2) is 78.7 Å². The first-order chi connectivity index (χ1) is 9.60. The van der Waals surface area contributed by atoms with Crippen LogP contribution >= 0.6 is 0 Å². The first kappa shape index (κ1) is 14.8. The molecule has 0 spiro atoms. The number of carbonyl (C=O) groups excluding carboxylic acids is 3. The predicted molar refractivity (Wildman–Crippen MR) is 72.6 cm³/mol. The Balaban J connectivity index is 1.73. The number of primary amides is 1. The standard InChI is InChI=1S/C13H22N4O3/c14-13(20)11-1-3-17(4-2-11)12(19)9-15-5-7-16(10-18)8-6-15/h10-11H,1-9H2,(H2,14,20).